The van der Waals surface area contributed by atoms with Crippen LogP contribution < -0.4 is 0 Å². The largest absolute Gasteiger partial charge is 0.276 e. The number of fused-ring (bicyclic) bond motifs is 7. The van der Waals surface area contributed by atoms with Gasteiger partial charge in [0.15, 0.2) is 0 Å². The molecule has 0 amide bonds. The lowest BCUT2D eigenvalue weighted by atomic mass is 9.86. The first-order valence-corrected chi connectivity index (χ1v) is 17.3. The maximum Gasteiger partial charge on any atom is 0.149 e. The van der Waals surface area contributed by atoms with E-state index in [9.17, 15) is 0 Å². The Morgan fingerprint density at radius 3 is 1.53 bits per heavy atom. The molecule has 0 fully saturated rings. The number of hydrogen-bond donors (Lipinski definition) is 0. The zero-order chi connectivity index (χ0) is 33.7. The Bertz CT molecular complexity index is 2840. The summed E-state index contributed by atoms with van der Waals surface area (Å²) in [4.78, 5) is 10.3. The normalized spacial score (nSPS) is 11.5. The van der Waals surface area contributed by atoms with Gasteiger partial charge in [-0.3, -0.25) is 4.40 Å². The maximum atomic E-state index is 5.20. The molecule has 0 bridgehead atoms. The van der Waals surface area contributed by atoms with Gasteiger partial charge >= 0.3 is 0 Å². The van der Waals surface area contributed by atoms with Gasteiger partial charge < -0.3 is 0 Å². The Morgan fingerprint density at radius 2 is 0.902 bits per heavy atom. The summed E-state index contributed by atoms with van der Waals surface area (Å²) in [5.74, 6) is 0.883. The van der Waals surface area contributed by atoms with E-state index in [1.807, 2.05) is 12.1 Å². The number of benzene rings is 8. The minimum Gasteiger partial charge on any atom is -0.276 e. The summed E-state index contributed by atoms with van der Waals surface area (Å²) in [6, 6.07) is 64.5. The molecule has 10 aromatic rings. The van der Waals surface area contributed by atoms with E-state index in [0.29, 0.717) is 0 Å². The quantitative estimate of drug-likeness (QED) is 0.137. The molecule has 8 aromatic carbocycles. The van der Waals surface area contributed by atoms with Crippen molar-refractivity contribution in [1.82, 2.24) is 14.4 Å². The van der Waals surface area contributed by atoms with E-state index in [-0.39, 0.29) is 0 Å². The zero-order valence-corrected chi connectivity index (χ0v) is 27.7. The average Bonchev–Trinajstić information content (AvgIpc) is 3.60. The molecule has 10 rings (SSSR count). The summed E-state index contributed by atoms with van der Waals surface area (Å²) in [5, 5.41) is 5.94. The van der Waals surface area contributed by atoms with Gasteiger partial charge in [0, 0.05) is 10.9 Å². The maximum absolute atomic E-state index is 5.20. The highest BCUT2D eigenvalue weighted by Crippen LogP contribution is 2.42. The van der Waals surface area contributed by atoms with E-state index in [2.05, 4.69) is 180 Å². The molecular formula is C48H31N3. The molecule has 0 saturated carbocycles. The van der Waals surface area contributed by atoms with Gasteiger partial charge in [0.25, 0.3) is 0 Å². The fourth-order valence-electron chi connectivity index (χ4n) is 7.67. The van der Waals surface area contributed by atoms with E-state index in [1.165, 1.54) is 54.9 Å². The van der Waals surface area contributed by atoms with Crippen molar-refractivity contribution < 1.29 is 0 Å². The van der Waals surface area contributed by atoms with Gasteiger partial charge in [-0.2, -0.15) is 0 Å². The van der Waals surface area contributed by atoms with Gasteiger partial charge in [-0.15, -0.1) is 0 Å². The van der Waals surface area contributed by atoms with Gasteiger partial charge in [0.2, 0.25) is 0 Å². The molecule has 0 unspecified atom stereocenters. The van der Waals surface area contributed by atoms with E-state index in [4.69, 9.17) is 9.97 Å². The van der Waals surface area contributed by atoms with Crippen LogP contribution in [0.5, 0.6) is 0 Å². The predicted molar refractivity (Wildman–Crippen MR) is 214 cm³/mol. The molecule has 3 nitrogen and oxygen atoms in total. The van der Waals surface area contributed by atoms with Crippen molar-refractivity contribution >= 4 is 60.8 Å². The number of imidazole rings is 1. The van der Waals surface area contributed by atoms with Crippen molar-refractivity contribution in [3.63, 3.8) is 0 Å². The van der Waals surface area contributed by atoms with E-state index in [1.54, 1.807) is 0 Å². The molecule has 3 heteroatoms. The van der Waals surface area contributed by atoms with Crippen molar-refractivity contribution in [2.45, 2.75) is 0 Å². The lowest BCUT2D eigenvalue weighted by molar-refractivity contribution is 1.16. The average molecular weight is 650 g/mol. The second-order valence-corrected chi connectivity index (χ2v) is 13.0. The van der Waals surface area contributed by atoms with Crippen LogP contribution in [0.4, 0.5) is 0 Å². The Labute approximate surface area is 295 Å². The minimum absolute atomic E-state index is 0.883. The Morgan fingerprint density at radius 1 is 0.412 bits per heavy atom. The van der Waals surface area contributed by atoms with Crippen LogP contribution in [-0.2, 0) is 0 Å². The second kappa shape index (κ2) is 11.9. The van der Waals surface area contributed by atoms with Crippen LogP contribution in [0.3, 0.4) is 0 Å². The summed E-state index contributed by atoms with van der Waals surface area (Å²) in [6.07, 6.45) is 2.38. The molecule has 0 saturated heterocycles. The highest BCUT2D eigenvalue weighted by atomic mass is 15.1. The third-order valence-corrected chi connectivity index (χ3v) is 10.0. The molecule has 0 aliphatic heterocycles. The number of hydrogen-bond acceptors (Lipinski definition) is 2. The van der Waals surface area contributed by atoms with E-state index in [0.717, 1.165) is 39.0 Å². The van der Waals surface area contributed by atoms with Crippen LogP contribution in [0.2, 0.25) is 0 Å². The Kier molecular flexibility index (Phi) is 6.81. The molecule has 0 aliphatic carbocycles. The van der Waals surface area contributed by atoms with Crippen molar-refractivity contribution in [2.75, 3.05) is 0 Å². The summed E-state index contributed by atoms with van der Waals surface area (Å²) in [5.41, 5.74) is 12.1. The third-order valence-electron chi connectivity index (χ3n) is 10.0. The van der Waals surface area contributed by atoms with Crippen LogP contribution in [0.25, 0.3) is 83.3 Å². The fourth-order valence-corrected chi connectivity index (χ4v) is 7.67. The van der Waals surface area contributed by atoms with Gasteiger partial charge in [-0.05, 0) is 85.3 Å². The van der Waals surface area contributed by atoms with Crippen molar-refractivity contribution in [3.05, 3.63) is 199 Å². The predicted octanol–water partition coefficient (Wildman–Crippen LogP) is 12.3. The Balaban J connectivity index is 1.19. The molecule has 0 spiro atoms. The van der Waals surface area contributed by atoms with Gasteiger partial charge in [0.1, 0.15) is 11.5 Å². The molecule has 0 radical (unpaired) electrons. The van der Waals surface area contributed by atoms with E-state index < -0.39 is 0 Å². The second-order valence-electron chi connectivity index (χ2n) is 13.0. The molecule has 2 heterocycles. The highest BCUT2D eigenvalue weighted by molar-refractivity contribution is 6.19. The summed E-state index contributed by atoms with van der Waals surface area (Å²) in [6.45, 7) is 0. The SMILES string of the molecule is C(=C(c1ccccc1)c1ccccc1)c1c2ccccc2c(-c2ccc(-c3nc4ccccc4c4nc5ccccc5n34)cc2)c2ccccc12. The minimum atomic E-state index is 0.883. The molecule has 0 N–H and O–H groups in total. The first-order chi connectivity index (χ1) is 25.3. The first kappa shape index (κ1) is 29.1. The molecule has 0 atom stereocenters. The van der Waals surface area contributed by atoms with Crippen LogP contribution in [0.15, 0.2) is 182 Å². The molecule has 0 aliphatic rings. The van der Waals surface area contributed by atoms with Crippen molar-refractivity contribution in [3.8, 4) is 22.5 Å². The molecule has 2 aromatic heterocycles. The topological polar surface area (TPSA) is 30.2 Å². The summed E-state index contributed by atoms with van der Waals surface area (Å²) < 4.78 is 2.20. The summed E-state index contributed by atoms with van der Waals surface area (Å²) >= 11 is 0. The smallest absolute Gasteiger partial charge is 0.149 e. The third kappa shape index (κ3) is 4.82. The highest BCUT2D eigenvalue weighted by Gasteiger charge is 2.18. The summed E-state index contributed by atoms with van der Waals surface area (Å²) in [7, 11) is 0. The molecular weight excluding hydrogens is 619 g/mol. The number of rotatable bonds is 5. The first-order valence-electron chi connectivity index (χ1n) is 17.3. The zero-order valence-electron chi connectivity index (χ0n) is 27.7. The van der Waals surface area contributed by atoms with Gasteiger partial charge in [-0.1, -0.05) is 158 Å². The van der Waals surface area contributed by atoms with Crippen molar-refractivity contribution in [2.24, 2.45) is 0 Å². The van der Waals surface area contributed by atoms with Gasteiger partial charge in [-0.25, -0.2) is 9.97 Å². The molecule has 238 valence electrons. The van der Waals surface area contributed by atoms with Crippen molar-refractivity contribution in [1.29, 1.82) is 0 Å². The Hall–Kier alpha value is -6.84. The lowest BCUT2D eigenvalue weighted by Gasteiger charge is -2.17. The number of aromatic nitrogens is 3. The standard InChI is InChI=1S/C48H31N3/c1-3-15-32(16-4-1)41(33-17-5-2-6-18-33)31-42-36-19-7-9-21-38(36)46(39-22-10-8-20-37(39)42)34-27-29-35(30-28-34)47-49-43-24-12-11-23-40(43)48-50-44-25-13-14-26-45(44)51(47)48/h1-31H. The van der Waals surface area contributed by atoms with Crippen LogP contribution in [0.1, 0.15) is 16.7 Å². The van der Waals surface area contributed by atoms with E-state index >= 15 is 0 Å². The molecule has 51 heavy (non-hydrogen) atoms. The van der Waals surface area contributed by atoms with Crippen LogP contribution in [0, 0.1) is 0 Å². The number of para-hydroxylation sites is 3. The lowest BCUT2D eigenvalue weighted by Crippen LogP contribution is -1.98. The monoisotopic (exact) mass is 649 g/mol. The fraction of sp³-hybridized carbons (Fsp3) is 0. The van der Waals surface area contributed by atoms with Crippen LogP contribution in [-0.4, -0.2) is 14.4 Å². The van der Waals surface area contributed by atoms with Crippen LogP contribution >= 0.6 is 0 Å². The number of nitrogens with zero attached hydrogens (tertiary/aromatic N) is 3. The van der Waals surface area contributed by atoms with Gasteiger partial charge in [0.05, 0.1) is 16.6 Å².